The fraction of sp³-hybridized carbons (Fsp3) is 0.750. The number of aromatic nitrogens is 2. The molecule has 1 saturated heterocycles. The molecule has 1 aliphatic carbocycles. The Kier molecular flexibility index (Phi) is 4.40. The van der Waals surface area contributed by atoms with Crippen LogP contribution in [0, 0.1) is 5.41 Å². The Balaban J connectivity index is 1.44. The Bertz CT molecular complexity index is 435. The Morgan fingerprint density at radius 1 is 1.14 bits per heavy atom. The second-order valence-corrected chi connectivity index (χ2v) is 7.13. The van der Waals surface area contributed by atoms with Crippen LogP contribution in [-0.4, -0.2) is 60.2 Å². The highest BCUT2D eigenvalue weighted by Gasteiger charge is 2.28. The van der Waals surface area contributed by atoms with E-state index in [2.05, 4.69) is 38.9 Å². The van der Waals surface area contributed by atoms with E-state index >= 15 is 0 Å². The van der Waals surface area contributed by atoms with E-state index in [1.165, 1.54) is 12.8 Å². The van der Waals surface area contributed by atoms with Crippen LogP contribution < -0.4 is 10.2 Å². The van der Waals surface area contributed by atoms with Crippen molar-refractivity contribution in [1.82, 2.24) is 20.2 Å². The zero-order valence-electron chi connectivity index (χ0n) is 13.3. The molecule has 116 valence electrons. The average molecular weight is 289 g/mol. The van der Waals surface area contributed by atoms with Crippen LogP contribution in [-0.2, 0) is 0 Å². The number of nitrogens with zero attached hydrogens (tertiary/aromatic N) is 4. The van der Waals surface area contributed by atoms with Gasteiger partial charge in [0.25, 0.3) is 0 Å². The van der Waals surface area contributed by atoms with E-state index in [9.17, 15) is 0 Å². The van der Waals surface area contributed by atoms with Gasteiger partial charge in [0.1, 0.15) is 0 Å². The highest BCUT2D eigenvalue weighted by Crippen LogP contribution is 2.23. The number of nitrogens with one attached hydrogen (secondary N) is 1. The van der Waals surface area contributed by atoms with Crippen LogP contribution in [0.4, 0.5) is 5.95 Å². The fourth-order valence-electron chi connectivity index (χ4n) is 2.93. The normalized spacial score (nSPS) is 20.8. The first kappa shape index (κ1) is 14.7. The predicted octanol–water partition coefficient (Wildman–Crippen LogP) is 1.38. The van der Waals surface area contributed by atoms with E-state index < -0.39 is 0 Å². The summed E-state index contributed by atoms with van der Waals surface area (Å²) in [6.07, 6.45) is 6.38. The molecule has 0 atom stereocenters. The summed E-state index contributed by atoms with van der Waals surface area (Å²) in [5.41, 5.74) is 0.341. The molecular weight excluding hydrogens is 262 g/mol. The number of hydrogen-bond donors (Lipinski definition) is 1. The maximum atomic E-state index is 4.34. The lowest BCUT2D eigenvalue weighted by Crippen LogP contribution is -2.51. The summed E-state index contributed by atoms with van der Waals surface area (Å²) in [7, 11) is 0. The van der Waals surface area contributed by atoms with Crippen molar-refractivity contribution in [3.63, 3.8) is 0 Å². The van der Waals surface area contributed by atoms with Gasteiger partial charge in [0.05, 0.1) is 0 Å². The molecule has 0 spiro atoms. The summed E-state index contributed by atoms with van der Waals surface area (Å²) < 4.78 is 0. The number of anilines is 1. The summed E-state index contributed by atoms with van der Waals surface area (Å²) >= 11 is 0. The molecule has 21 heavy (non-hydrogen) atoms. The van der Waals surface area contributed by atoms with Crippen LogP contribution in [0.25, 0.3) is 0 Å². The molecular formula is C16H27N5. The monoisotopic (exact) mass is 289 g/mol. The van der Waals surface area contributed by atoms with Crippen molar-refractivity contribution < 1.29 is 0 Å². The zero-order chi connectivity index (χ0) is 14.7. The van der Waals surface area contributed by atoms with Crippen LogP contribution in [0.15, 0.2) is 18.5 Å². The first-order valence-electron chi connectivity index (χ1n) is 8.10. The minimum Gasteiger partial charge on any atom is -0.338 e. The summed E-state index contributed by atoms with van der Waals surface area (Å²) in [5, 5.41) is 3.66. The van der Waals surface area contributed by atoms with Crippen molar-refractivity contribution in [1.29, 1.82) is 0 Å². The van der Waals surface area contributed by atoms with E-state index in [-0.39, 0.29) is 0 Å². The molecule has 5 nitrogen and oxygen atoms in total. The largest absolute Gasteiger partial charge is 0.338 e. The van der Waals surface area contributed by atoms with Gasteiger partial charge in [-0.2, -0.15) is 0 Å². The molecule has 2 heterocycles. The number of rotatable bonds is 6. The van der Waals surface area contributed by atoms with Crippen molar-refractivity contribution in [2.45, 2.75) is 32.7 Å². The smallest absolute Gasteiger partial charge is 0.225 e. The molecule has 0 amide bonds. The van der Waals surface area contributed by atoms with Crippen LogP contribution in [0.5, 0.6) is 0 Å². The highest BCUT2D eigenvalue weighted by atomic mass is 15.3. The van der Waals surface area contributed by atoms with Gasteiger partial charge in [-0.25, -0.2) is 9.97 Å². The maximum absolute atomic E-state index is 4.34. The minimum absolute atomic E-state index is 0.341. The molecule has 0 aromatic carbocycles. The standard InChI is InChI=1S/C16H27N5/c1-16(2,12-19-14-4-5-14)13-20-8-10-21(11-9-20)15-17-6-3-7-18-15/h3,6-7,14,19H,4-5,8-13H2,1-2H3. The van der Waals surface area contributed by atoms with Gasteiger partial charge >= 0.3 is 0 Å². The van der Waals surface area contributed by atoms with Crippen LogP contribution >= 0.6 is 0 Å². The van der Waals surface area contributed by atoms with Crippen LogP contribution in [0.1, 0.15) is 26.7 Å². The molecule has 5 heteroatoms. The third kappa shape index (κ3) is 4.38. The topological polar surface area (TPSA) is 44.3 Å². The Morgan fingerprint density at radius 2 is 1.81 bits per heavy atom. The number of piperazine rings is 1. The molecule has 0 unspecified atom stereocenters. The van der Waals surface area contributed by atoms with Gasteiger partial charge in [-0.15, -0.1) is 0 Å². The third-order valence-corrected chi connectivity index (χ3v) is 4.31. The zero-order valence-corrected chi connectivity index (χ0v) is 13.3. The van der Waals surface area contributed by atoms with Gasteiger partial charge in [-0.3, -0.25) is 4.90 Å². The van der Waals surface area contributed by atoms with Crippen molar-refractivity contribution in [2.24, 2.45) is 5.41 Å². The quantitative estimate of drug-likeness (QED) is 0.857. The van der Waals surface area contributed by atoms with E-state index in [1.807, 2.05) is 18.5 Å². The van der Waals surface area contributed by atoms with E-state index in [4.69, 9.17) is 0 Å². The molecule has 1 N–H and O–H groups in total. The average Bonchev–Trinajstić information content (AvgIpc) is 3.31. The molecule has 1 aliphatic heterocycles. The molecule has 0 radical (unpaired) electrons. The Hall–Kier alpha value is -1.20. The molecule has 1 aromatic rings. The van der Waals surface area contributed by atoms with Gasteiger partial charge < -0.3 is 10.2 Å². The fourth-order valence-corrected chi connectivity index (χ4v) is 2.93. The van der Waals surface area contributed by atoms with Crippen molar-refractivity contribution in [3.05, 3.63) is 18.5 Å². The van der Waals surface area contributed by atoms with E-state index in [0.29, 0.717) is 5.41 Å². The van der Waals surface area contributed by atoms with Gasteiger partial charge in [-0.05, 0) is 24.3 Å². The lowest BCUT2D eigenvalue weighted by Gasteiger charge is -2.39. The van der Waals surface area contributed by atoms with Gasteiger partial charge in [-0.1, -0.05) is 13.8 Å². The van der Waals surface area contributed by atoms with Crippen LogP contribution in [0.2, 0.25) is 0 Å². The van der Waals surface area contributed by atoms with Crippen molar-refractivity contribution >= 4 is 5.95 Å². The second kappa shape index (κ2) is 6.28. The lowest BCUT2D eigenvalue weighted by molar-refractivity contribution is 0.166. The summed E-state index contributed by atoms with van der Waals surface area (Å²) in [5.74, 6) is 0.867. The lowest BCUT2D eigenvalue weighted by atomic mass is 9.92. The summed E-state index contributed by atoms with van der Waals surface area (Å²) in [4.78, 5) is 13.5. The molecule has 1 aromatic heterocycles. The first-order valence-corrected chi connectivity index (χ1v) is 8.10. The highest BCUT2D eigenvalue weighted by molar-refractivity contribution is 5.29. The third-order valence-electron chi connectivity index (χ3n) is 4.31. The van der Waals surface area contributed by atoms with Crippen molar-refractivity contribution in [2.75, 3.05) is 44.2 Å². The first-order chi connectivity index (χ1) is 10.1. The van der Waals surface area contributed by atoms with Crippen LogP contribution in [0.3, 0.4) is 0 Å². The molecule has 0 bridgehead atoms. The van der Waals surface area contributed by atoms with Crippen molar-refractivity contribution in [3.8, 4) is 0 Å². The minimum atomic E-state index is 0.341. The van der Waals surface area contributed by atoms with Gasteiger partial charge in [0.15, 0.2) is 0 Å². The Labute approximate surface area is 127 Å². The SMILES string of the molecule is CC(C)(CNC1CC1)CN1CCN(c2ncccn2)CC1. The van der Waals surface area contributed by atoms with E-state index in [1.54, 1.807) is 0 Å². The number of hydrogen-bond acceptors (Lipinski definition) is 5. The molecule has 2 aliphatic rings. The molecule has 3 rings (SSSR count). The molecule has 1 saturated carbocycles. The second-order valence-electron chi connectivity index (χ2n) is 7.13. The summed E-state index contributed by atoms with van der Waals surface area (Å²) in [6, 6.07) is 2.67. The van der Waals surface area contributed by atoms with Gasteiger partial charge in [0, 0.05) is 57.7 Å². The maximum Gasteiger partial charge on any atom is 0.225 e. The Morgan fingerprint density at radius 3 is 2.43 bits per heavy atom. The summed E-state index contributed by atoms with van der Waals surface area (Å²) in [6.45, 7) is 11.3. The van der Waals surface area contributed by atoms with Gasteiger partial charge in [0.2, 0.25) is 5.95 Å². The van der Waals surface area contributed by atoms with E-state index in [0.717, 1.165) is 51.3 Å². The predicted molar refractivity (Wildman–Crippen MR) is 85.5 cm³/mol. The molecule has 2 fully saturated rings.